The molecule has 6 heteroatoms. The van der Waals surface area contributed by atoms with Gasteiger partial charge in [0.1, 0.15) is 0 Å². The molecular weight excluding hydrogens is 369 g/mol. The van der Waals surface area contributed by atoms with Gasteiger partial charge in [-0.25, -0.2) is 9.37 Å². The Morgan fingerprint density at radius 3 is 2.62 bits per heavy atom. The lowest BCUT2D eigenvalue weighted by Crippen LogP contribution is -2.17. The predicted octanol–water partition coefficient (Wildman–Crippen LogP) is 4.83. The molecule has 1 amide bonds. The number of hydrogen-bond acceptors (Lipinski definition) is 3. The number of amides is 1. The lowest BCUT2D eigenvalue weighted by atomic mass is 9.97. The van der Waals surface area contributed by atoms with E-state index in [1.54, 1.807) is 54.9 Å². The highest BCUT2D eigenvalue weighted by Crippen LogP contribution is 2.22. The van der Waals surface area contributed by atoms with Gasteiger partial charge in [-0.15, -0.1) is 0 Å². The van der Waals surface area contributed by atoms with E-state index in [1.165, 1.54) is 18.2 Å². The molecule has 0 saturated heterocycles. The van der Waals surface area contributed by atoms with Crippen molar-refractivity contribution in [2.75, 3.05) is 5.32 Å². The summed E-state index contributed by atoms with van der Waals surface area (Å²) in [7, 11) is 0. The quantitative estimate of drug-likeness (QED) is 0.483. The number of imidazole rings is 1. The summed E-state index contributed by atoms with van der Waals surface area (Å²) >= 11 is 0. The number of nitrogens with zero attached hydrogens (tertiary/aromatic N) is 1. The van der Waals surface area contributed by atoms with Crippen LogP contribution in [0.1, 0.15) is 31.8 Å². The lowest BCUT2D eigenvalue weighted by molar-refractivity contribution is 0.0996. The van der Waals surface area contributed by atoms with Crippen molar-refractivity contribution >= 4 is 34.5 Å². The number of fused-ring (bicyclic) bond motifs is 1. The highest BCUT2D eigenvalue weighted by Gasteiger charge is 2.20. The van der Waals surface area contributed by atoms with E-state index >= 15 is 0 Å². The minimum absolute atomic E-state index is 0.0218. The molecule has 29 heavy (non-hydrogen) atoms. The summed E-state index contributed by atoms with van der Waals surface area (Å²) in [4.78, 5) is 33.0. The predicted molar refractivity (Wildman–Crippen MR) is 110 cm³/mol. The number of ketones is 1. The molecule has 0 aliphatic rings. The van der Waals surface area contributed by atoms with Gasteiger partial charge < -0.3 is 10.3 Å². The monoisotopic (exact) mass is 385 g/mol. The molecule has 1 aromatic heterocycles. The van der Waals surface area contributed by atoms with Crippen molar-refractivity contribution in [1.82, 2.24) is 9.97 Å². The zero-order valence-corrected chi connectivity index (χ0v) is 15.3. The van der Waals surface area contributed by atoms with Gasteiger partial charge in [-0.1, -0.05) is 43.0 Å². The van der Waals surface area contributed by atoms with Gasteiger partial charge >= 0.3 is 0 Å². The van der Waals surface area contributed by atoms with Gasteiger partial charge in [0.2, 0.25) is 0 Å². The van der Waals surface area contributed by atoms with Crippen molar-refractivity contribution < 1.29 is 14.0 Å². The van der Waals surface area contributed by atoms with Gasteiger partial charge in [-0.05, 0) is 30.3 Å². The standard InChI is InChI=1S/C23H16FN3O2/c1-2-14-6-5-9-19(21(14)24)27-23(29)17-8-4-3-7-16(17)22(28)15-10-11-18-20(12-15)26-13-25-18/h2-13H,1H2,(H,25,26)(H,27,29). The molecule has 4 rings (SSSR count). The Labute approximate surface area is 165 Å². The fourth-order valence-corrected chi connectivity index (χ4v) is 3.11. The third-order valence-electron chi connectivity index (χ3n) is 4.60. The number of aromatic amines is 1. The van der Waals surface area contributed by atoms with Crippen LogP contribution in [0.4, 0.5) is 10.1 Å². The fraction of sp³-hybridized carbons (Fsp3) is 0. The Kier molecular flexibility index (Phi) is 4.75. The van der Waals surface area contributed by atoms with Crippen molar-refractivity contribution in [2.45, 2.75) is 0 Å². The van der Waals surface area contributed by atoms with E-state index in [0.717, 1.165) is 11.0 Å². The number of benzene rings is 3. The summed E-state index contributed by atoms with van der Waals surface area (Å²) in [6, 6.07) is 16.2. The first-order valence-electron chi connectivity index (χ1n) is 8.87. The molecule has 0 saturated carbocycles. The van der Waals surface area contributed by atoms with Crippen LogP contribution >= 0.6 is 0 Å². The van der Waals surface area contributed by atoms with Crippen LogP contribution in [0.5, 0.6) is 0 Å². The second-order valence-corrected chi connectivity index (χ2v) is 6.38. The van der Waals surface area contributed by atoms with Gasteiger partial charge in [0.05, 0.1) is 28.6 Å². The molecule has 1 heterocycles. The molecule has 5 nitrogen and oxygen atoms in total. The van der Waals surface area contributed by atoms with E-state index in [1.807, 2.05) is 0 Å². The Balaban J connectivity index is 1.68. The maximum Gasteiger partial charge on any atom is 0.256 e. The van der Waals surface area contributed by atoms with Crippen LogP contribution in [-0.2, 0) is 0 Å². The molecule has 142 valence electrons. The minimum Gasteiger partial charge on any atom is -0.345 e. The number of carbonyl (C=O) groups is 2. The van der Waals surface area contributed by atoms with E-state index in [-0.39, 0.29) is 28.2 Å². The maximum atomic E-state index is 14.4. The van der Waals surface area contributed by atoms with Crippen LogP contribution in [0.3, 0.4) is 0 Å². The summed E-state index contributed by atoms with van der Waals surface area (Å²) in [5.74, 6) is -1.46. The van der Waals surface area contributed by atoms with Gasteiger partial charge in [-0.2, -0.15) is 0 Å². The molecular formula is C23H16FN3O2. The van der Waals surface area contributed by atoms with E-state index in [2.05, 4.69) is 21.9 Å². The number of hydrogen-bond donors (Lipinski definition) is 2. The van der Waals surface area contributed by atoms with Crippen molar-refractivity contribution in [3.63, 3.8) is 0 Å². The number of carbonyl (C=O) groups excluding carboxylic acids is 2. The average Bonchev–Trinajstić information content (AvgIpc) is 3.22. The van der Waals surface area contributed by atoms with Crippen LogP contribution in [-0.4, -0.2) is 21.7 Å². The first kappa shape index (κ1) is 18.3. The van der Waals surface area contributed by atoms with E-state index in [0.29, 0.717) is 5.56 Å². The molecule has 0 aliphatic heterocycles. The van der Waals surface area contributed by atoms with Crippen LogP contribution in [0.15, 0.2) is 73.6 Å². The van der Waals surface area contributed by atoms with Crippen LogP contribution in [0, 0.1) is 5.82 Å². The van der Waals surface area contributed by atoms with Crippen molar-refractivity contribution in [3.05, 3.63) is 102 Å². The lowest BCUT2D eigenvalue weighted by Gasteiger charge is -2.11. The van der Waals surface area contributed by atoms with Crippen molar-refractivity contribution in [3.8, 4) is 0 Å². The first-order valence-corrected chi connectivity index (χ1v) is 8.87. The minimum atomic E-state index is -0.579. The molecule has 0 bridgehead atoms. The topological polar surface area (TPSA) is 74.8 Å². The fourth-order valence-electron chi connectivity index (χ4n) is 3.11. The highest BCUT2D eigenvalue weighted by molar-refractivity contribution is 6.18. The second kappa shape index (κ2) is 7.52. The summed E-state index contributed by atoms with van der Waals surface area (Å²) in [5.41, 5.74) is 2.57. The Morgan fingerprint density at radius 2 is 1.83 bits per heavy atom. The van der Waals surface area contributed by atoms with Crippen molar-refractivity contribution in [1.29, 1.82) is 0 Å². The second-order valence-electron chi connectivity index (χ2n) is 6.38. The zero-order chi connectivity index (χ0) is 20.4. The summed E-state index contributed by atoms with van der Waals surface area (Å²) in [6.45, 7) is 3.55. The van der Waals surface area contributed by atoms with Gasteiger partial charge in [0.15, 0.2) is 11.6 Å². The number of rotatable bonds is 5. The highest BCUT2D eigenvalue weighted by atomic mass is 19.1. The van der Waals surface area contributed by atoms with Crippen molar-refractivity contribution in [2.24, 2.45) is 0 Å². The van der Waals surface area contributed by atoms with E-state index in [9.17, 15) is 14.0 Å². The summed E-state index contributed by atoms with van der Waals surface area (Å²) in [6.07, 6.45) is 2.92. The number of nitrogens with one attached hydrogen (secondary N) is 2. The largest absolute Gasteiger partial charge is 0.345 e. The number of halogens is 1. The van der Waals surface area contributed by atoms with Gasteiger partial charge in [-0.3, -0.25) is 9.59 Å². The summed E-state index contributed by atoms with van der Waals surface area (Å²) < 4.78 is 14.4. The summed E-state index contributed by atoms with van der Waals surface area (Å²) in [5, 5.41) is 2.54. The molecule has 4 aromatic rings. The SMILES string of the molecule is C=Cc1cccc(NC(=O)c2ccccc2C(=O)c2ccc3nc[nH]c3c2)c1F. The number of H-pyrrole nitrogens is 1. The normalized spacial score (nSPS) is 10.7. The first-order chi connectivity index (χ1) is 14.1. The molecule has 0 radical (unpaired) electrons. The number of anilines is 1. The molecule has 0 fully saturated rings. The third kappa shape index (κ3) is 3.43. The third-order valence-corrected chi connectivity index (χ3v) is 4.60. The molecule has 0 unspecified atom stereocenters. The maximum absolute atomic E-state index is 14.4. The van der Waals surface area contributed by atoms with Gasteiger partial charge in [0.25, 0.3) is 5.91 Å². The number of aromatic nitrogens is 2. The Morgan fingerprint density at radius 1 is 1.03 bits per heavy atom. The Hall–Kier alpha value is -4.06. The average molecular weight is 385 g/mol. The smallest absolute Gasteiger partial charge is 0.256 e. The molecule has 0 aliphatic carbocycles. The molecule has 0 spiro atoms. The van der Waals surface area contributed by atoms with E-state index in [4.69, 9.17) is 0 Å². The van der Waals surface area contributed by atoms with Gasteiger partial charge in [0, 0.05) is 16.7 Å². The van der Waals surface area contributed by atoms with Crippen LogP contribution in [0.2, 0.25) is 0 Å². The van der Waals surface area contributed by atoms with Crippen LogP contribution in [0.25, 0.3) is 17.1 Å². The zero-order valence-electron chi connectivity index (χ0n) is 15.3. The molecule has 2 N–H and O–H groups in total. The van der Waals surface area contributed by atoms with E-state index < -0.39 is 11.7 Å². The molecule has 3 aromatic carbocycles. The Bertz CT molecular complexity index is 1260. The molecule has 0 atom stereocenters. The van der Waals surface area contributed by atoms with Crippen LogP contribution < -0.4 is 5.32 Å².